The van der Waals surface area contributed by atoms with Crippen LogP contribution in [0.4, 0.5) is 0 Å². The number of esters is 2. The van der Waals surface area contributed by atoms with Gasteiger partial charge in [0.15, 0.2) is 6.10 Å². The summed E-state index contributed by atoms with van der Waals surface area (Å²) in [6.07, 6.45) is 102. The minimum absolute atomic E-state index is 0.0750. The van der Waals surface area contributed by atoms with Crippen LogP contribution in [0.5, 0.6) is 0 Å². The first-order valence-corrected chi connectivity index (χ1v) is 36.1. The van der Waals surface area contributed by atoms with Gasteiger partial charge in [0.25, 0.3) is 0 Å². The molecule has 0 radical (unpaired) electrons. The van der Waals surface area contributed by atoms with E-state index in [1.165, 1.54) is 244 Å². The standard InChI is InChI=1S/C77H138O5/c1-3-5-7-9-11-13-15-17-19-21-23-25-27-29-31-32-33-34-35-36-37-38-39-40-41-42-43-44-46-47-49-51-53-55-57-59-61-63-65-67-69-71-76(79)81-74-75(73-78)82-77(80)72-70-68-66-64-62-60-58-56-54-52-50-48-45-30-28-26-24-22-20-18-16-14-12-10-8-6-4-2/h6,8,12,14,18,20,24,26,30,45,50,52,56,58,75,78H,3-5,7,9-11,13,15-17,19,21-23,25,27-29,31-44,46-49,51,53-55,57,59-74H2,1-2H3/b8-6-,14-12-,20-18-,26-24-,45-30-,52-50-,58-56-. The van der Waals surface area contributed by atoms with Crippen LogP contribution in [0.1, 0.15) is 373 Å². The van der Waals surface area contributed by atoms with E-state index in [2.05, 4.69) is 98.9 Å². The quantitative estimate of drug-likeness (QED) is 0.0373. The predicted octanol–water partition coefficient (Wildman–Crippen LogP) is 25.2. The highest BCUT2D eigenvalue weighted by Crippen LogP contribution is 2.19. The van der Waals surface area contributed by atoms with Crippen LogP contribution in [0.2, 0.25) is 0 Å². The van der Waals surface area contributed by atoms with Crippen molar-refractivity contribution in [2.45, 2.75) is 380 Å². The number of rotatable bonds is 67. The van der Waals surface area contributed by atoms with Gasteiger partial charge in [0.05, 0.1) is 6.61 Å². The van der Waals surface area contributed by atoms with E-state index < -0.39 is 6.10 Å². The lowest BCUT2D eigenvalue weighted by atomic mass is 10.0. The number of ether oxygens (including phenoxy) is 2. The Bertz CT molecular complexity index is 1480. The zero-order valence-electron chi connectivity index (χ0n) is 54.8. The van der Waals surface area contributed by atoms with Crippen LogP contribution < -0.4 is 0 Å². The summed E-state index contributed by atoms with van der Waals surface area (Å²) in [7, 11) is 0. The highest BCUT2D eigenvalue weighted by molar-refractivity contribution is 5.70. The van der Waals surface area contributed by atoms with Crippen LogP contribution in [0.25, 0.3) is 0 Å². The summed E-state index contributed by atoms with van der Waals surface area (Å²) in [6.45, 7) is 4.05. The Morgan fingerprint density at radius 1 is 0.293 bits per heavy atom. The van der Waals surface area contributed by atoms with Gasteiger partial charge in [0.2, 0.25) is 0 Å². The van der Waals surface area contributed by atoms with Gasteiger partial charge in [-0.05, 0) is 70.6 Å². The third kappa shape index (κ3) is 69.6. The summed E-state index contributed by atoms with van der Waals surface area (Å²) >= 11 is 0. The molecule has 1 unspecified atom stereocenters. The van der Waals surface area contributed by atoms with Gasteiger partial charge in [-0.2, -0.15) is 0 Å². The van der Waals surface area contributed by atoms with Gasteiger partial charge < -0.3 is 14.6 Å². The van der Waals surface area contributed by atoms with Crippen LogP contribution >= 0.6 is 0 Å². The topological polar surface area (TPSA) is 72.8 Å². The van der Waals surface area contributed by atoms with Crippen molar-refractivity contribution >= 4 is 11.9 Å². The lowest BCUT2D eigenvalue weighted by molar-refractivity contribution is -0.161. The highest BCUT2D eigenvalue weighted by atomic mass is 16.6. The second-order valence-corrected chi connectivity index (χ2v) is 24.3. The second-order valence-electron chi connectivity index (χ2n) is 24.3. The average molecular weight is 1140 g/mol. The van der Waals surface area contributed by atoms with Crippen molar-refractivity contribution in [2.75, 3.05) is 13.2 Å². The van der Waals surface area contributed by atoms with Gasteiger partial charge in [0.1, 0.15) is 6.61 Å². The molecule has 0 amide bonds. The number of aliphatic hydroxyl groups excluding tert-OH is 1. The molecular weight excluding hydrogens is 1000 g/mol. The molecule has 0 fully saturated rings. The second kappa shape index (κ2) is 72.3. The van der Waals surface area contributed by atoms with Crippen LogP contribution in [-0.2, 0) is 19.1 Å². The first kappa shape index (κ1) is 79.1. The lowest BCUT2D eigenvalue weighted by Crippen LogP contribution is -2.28. The Labute approximate surface area is 511 Å². The third-order valence-corrected chi connectivity index (χ3v) is 16.2. The molecule has 5 heteroatoms. The normalized spacial score (nSPS) is 12.7. The number of carbonyl (C=O) groups excluding carboxylic acids is 2. The molecular formula is C77H138O5. The summed E-state index contributed by atoms with van der Waals surface area (Å²) in [6, 6.07) is 0. The number of carbonyl (C=O) groups is 2. The molecule has 1 N–H and O–H groups in total. The highest BCUT2D eigenvalue weighted by Gasteiger charge is 2.16. The first-order valence-electron chi connectivity index (χ1n) is 36.1. The number of aliphatic hydroxyl groups is 1. The maximum absolute atomic E-state index is 12.3. The van der Waals surface area contributed by atoms with Crippen LogP contribution in [-0.4, -0.2) is 36.4 Å². The minimum Gasteiger partial charge on any atom is -0.462 e. The Morgan fingerprint density at radius 3 is 0.793 bits per heavy atom. The summed E-state index contributed by atoms with van der Waals surface area (Å²) in [5, 5.41) is 9.69. The molecule has 476 valence electrons. The summed E-state index contributed by atoms with van der Waals surface area (Å²) in [5.41, 5.74) is 0. The van der Waals surface area contributed by atoms with Gasteiger partial charge in [-0.15, -0.1) is 0 Å². The molecule has 0 saturated carbocycles. The van der Waals surface area contributed by atoms with Crippen molar-refractivity contribution in [3.05, 3.63) is 85.1 Å². The largest absolute Gasteiger partial charge is 0.462 e. The van der Waals surface area contributed by atoms with Gasteiger partial charge in [-0.25, -0.2) is 0 Å². The number of allylic oxidation sites excluding steroid dienone is 14. The van der Waals surface area contributed by atoms with E-state index in [0.717, 1.165) is 103 Å². The van der Waals surface area contributed by atoms with Gasteiger partial charge in [0, 0.05) is 12.8 Å². The summed E-state index contributed by atoms with van der Waals surface area (Å²) < 4.78 is 10.7. The Hall–Kier alpha value is -2.92. The zero-order valence-corrected chi connectivity index (χ0v) is 54.8. The number of unbranched alkanes of at least 4 members (excludes halogenated alkanes) is 45. The molecule has 1 atom stereocenters. The van der Waals surface area contributed by atoms with E-state index in [0.29, 0.717) is 12.8 Å². The zero-order chi connectivity index (χ0) is 59.1. The van der Waals surface area contributed by atoms with Gasteiger partial charge in [-0.1, -0.05) is 375 Å². The van der Waals surface area contributed by atoms with E-state index >= 15 is 0 Å². The lowest BCUT2D eigenvalue weighted by Gasteiger charge is -2.15. The van der Waals surface area contributed by atoms with E-state index in [1.54, 1.807) is 0 Å². The molecule has 0 aromatic carbocycles. The van der Waals surface area contributed by atoms with Gasteiger partial charge >= 0.3 is 11.9 Å². The van der Waals surface area contributed by atoms with Crippen molar-refractivity contribution in [1.82, 2.24) is 0 Å². The molecule has 0 rings (SSSR count). The smallest absolute Gasteiger partial charge is 0.306 e. The van der Waals surface area contributed by atoms with Crippen molar-refractivity contribution in [3.8, 4) is 0 Å². The van der Waals surface area contributed by atoms with Crippen LogP contribution in [0.3, 0.4) is 0 Å². The van der Waals surface area contributed by atoms with E-state index in [9.17, 15) is 14.7 Å². The molecule has 0 bridgehead atoms. The molecule has 0 aliphatic carbocycles. The van der Waals surface area contributed by atoms with Crippen LogP contribution in [0, 0.1) is 0 Å². The van der Waals surface area contributed by atoms with E-state index in [4.69, 9.17) is 9.47 Å². The third-order valence-electron chi connectivity index (χ3n) is 16.2. The maximum atomic E-state index is 12.3. The van der Waals surface area contributed by atoms with Crippen LogP contribution in [0.15, 0.2) is 85.1 Å². The molecule has 0 aliphatic heterocycles. The SMILES string of the molecule is CC/C=C\C/C=C\C/C=C\C/C=C\C/C=C\C/C=C\C/C=C\CCCCCCCC(=O)OC(CO)COC(=O)CCCCCCCCCCCCCCCCCCCCCCCCCCCCCCCCCCCCCCCCCCC. The number of hydrogen-bond acceptors (Lipinski definition) is 5. The fraction of sp³-hybridized carbons (Fsp3) is 0.792. The Kier molecular flexibility index (Phi) is 69.8. The number of hydrogen-bond donors (Lipinski definition) is 1. The fourth-order valence-electron chi connectivity index (χ4n) is 10.8. The van der Waals surface area contributed by atoms with E-state index in [-0.39, 0.29) is 25.2 Å². The molecule has 0 heterocycles. The molecule has 82 heavy (non-hydrogen) atoms. The first-order chi connectivity index (χ1) is 40.6. The van der Waals surface area contributed by atoms with Crippen molar-refractivity contribution in [2.24, 2.45) is 0 Å². The molecule has 0 spiro atoms. The van der Waals surface area contributed by atoms with E-state index in [1.807, 2.05) is 0 Å². The Balaban J connectivity index is 3.42. The predicted molar refractivity (Wildman–Crippen MR) is 362 cm³/mol. The van der Waals surface area contributed by atoms with Gasteiger partial charge in [-0.3, -0.25) is 9.59 Å². The molecule has 0 aromatic rings. The van der Waals surface area contributed by atoms with Crippen molar-refractivity contribution < 1.29 is 24.2 Å². The maximum Gasteiger partial charge on any atom is 0.306 e. The Morgan fingerprint density at radius 2 is 0.524 bits per heavy atom. The fourth-order valence-corrected chi connectivity index (χ4v) is 10.8. The molecule has 0 aliphatic rings. The molecule has 5 nitrogen and oxygen atoms in total. The average Bonchev–Trinajstić information content (AvgIpc) is 3.49. The monoisotopic (exact) mass is 1140 g/mol. The summed E-state index contributed by atoms with van der Waals surface area (Å²) in [4.78, 5) is 24.6. The summed E-state index contributed by atoms with van der Waals surface area (Å²) in [5.74, 6) is -0.602. The molecule has 0 saturated heterocycles. The minimum atomic E-state index is -0.788. The van der Waals surface area contributed by atoms with Crippen molar-refractivity contribution in [1.29, 1.82) is 0 Å². The molecule has 0 aromatic heterocycles. The van der Waals surface area contributed by atoms with Crippen molar-refractivity contribution in [3.63, 3.8) is 0 Å².